The van der Waals surface area contributed by atoms with E-state index in [-0.39, 0.29) is 5.92 Å². The molecule has 2 heterocycles. The fraction of sp³-hybridized carbons (Fsp3) is 0.370. The predicted octanol–water partition coefficient (Wildman–Crippen LogP) is 5.34. The van der Waals surface area contributed by atoms with E-state index in [0.29, 0.717) is 35.5 Å². The van der Waals surface area contributed by atoms with E-state index in [1.165, 1.54) is 31.6 Å². The Balaban J connectivity index is 0.000000672. The van der Waals surface area contributed by atoms with Gasteiger partial charge in [0.05, 0.1) is 30.6 Å². The van der Waals surface area contributed by atoms with Crippen LogP contribution in [0.4, 0.5) is 13.2 Å². The van der Waals surface area contributed by atoms with E-state index >= 15 is 0 Å². The molecule has 0 bridgehead atoms. The van der Waals surface area contributed by atoms with E-state index < -0.39 is 22.9 Å². The number of nitrogens with zero attached hydrogens (tertiary/aromatic N) is 2. The first-order valence-electron chi connectivity index (χ1n) is 11.3. The molecule has 3 aromatic rings. The van der Waals surface area contributed by atoms with E-state index in [0.717, 1.165) is 17.7 Å². The Morgan fingerprint density at radius 2 is 1.66 bits per heavy atom. The van der Waals surface area contributed by atoms with Crippen molar-refractivity contribution < 1.29 is 27.8 Å². The fourth-order valence-electron chi connectivity index (χ4n) is 5.23. The minimum atomic E-state index is -4.45. The van der Waals surface area contributed by atoms with Gasteiger partial charge >= 0.3 is 6.18 Å². The van der Waals surface area contributed by atoms with E-state index in [9.17, 15) is 18.3 Å². The average molecular weight is 487 g/mol. The SMILES string of the molecule is CN(C)C.COc1cncc2c1C1(O)CCC(c3ccccc3)C1(c1ccc(C(F)(F)F)cc1)O2. The largest absolute Gasteiger partial charge is 0.495 e. The number of aliphatic hydroxyl groups is 1. The minimum Gasteiger partial charge on any atom is -0.495 e. The molecule has 3 atom stereocenters. The summed E-state index contributed by atoms with van der Waals surface area (Å²) in [5.74, 6) is 0.484. The van der Waals surface area contributed by atoms with Gasteiger partial charge in [-0.1, -0.05) is 42.5 Å². The monoisotopic (exact) mass is 486 g/mol. The van der Waals surface area contributed by atoms with Crippen molar-refractivity contribution in [2.75, 3.05) is 28.3 Å². The van der Waals surface area contributed by atoms with Crippen LogP contribution in [-0.2, 0) is 17.4 Å². The van der Waals surface area contributed by atoms with Crippen LogP contribution in [0.1, 0.15) is 41.0 Å². The maximum Gasteiger partial charge on any atom is 0.416 e. The van der Waals surface area contributed by atoms with Crippen LogP contribution in [0, 0.1) is 0 Å². The molecule has 35 heavy (non-hydrogen) atoms. The van der Waals surface area contributed by atoms with Crippen LogP contribution < -0.4 is 9.47 Å². The summed E-state index contributed by atoms with van der Waals surface area (Å²) in [6.07, 6.45) is -0.470. The van der Waals surface area contributed by atoms with E-state index in [1.54, 1.807) is 0 Å². The van der Waals surface area contributed by atoms with E-state index in [2.05, 4.69) is 4.98 Å². The maximum absolute atomic E-state index is 13.2. The summed E-state index contributed by atoms with van der Waals surface area (Å²) in [5.41, 5.74) is -1.64. The van der Waals surface area contributed by atoms with Gasteiger partial charge in [-0.05, 0) is 57.2 Å². The summed E-state index contributed by atoms with van der Waals surface area (Å²) in [4.78, 5) is 6.14. The average Bonchev–Trinajstić information content (AvgIpc) is 3.26. The second-order valence-corrected chi connectivity index (χ2v) is 9.33. The molecule has 186 valence electrons. The number of ether oxygens (including phenoxy) is 2. The third-order valence-electron chi connectivity index (χ3n) is 6.52. The number of hydrogen-bond acceptors (Lipinski definition) is 5. The number of methoxy groups -OCH3 is 1. The molecule has 5 rings (SSSR count). The zero-order chi connectivity index (χ0) is 25.4. The Morgan fingerprint density at radius 3 is 2.23 bits per heavy atom. The van der Waals surface area contributed by atoms with Crippen LogP contribution in [0.25, 0.3) is 0 Å². The molecule has 2 aromatic carbocycles. The molecular formula is C27H29F3N2O3. The summed E-state index contributed by atoms with van der Waals surface area (Å²) in [5, 5.41) is 12.1. The van der Waals surface area contributed by atoms with Crippen LogP contribution in [-0.4, -0.2) is 43.2 Å². The van der Waals surface area contributed by atoms with Crippen molar-refractivity contribution in [3.05, 3.63) is 89.2 Å². The van der Waals surface area contributed by atoms with Crippen molar-refractivity contribution in [3.63, 3.8) is 0 Å². The highest BCUT2D eigenvalue weighted by Gasteiger charge is 2.69. The number of pyridine rings is 1. The molecule has 1 aliphatic carbocycles. The van der Waals surface area contributed by atoms with Gasteiger partial charge < -0.3 is 19.5 Å². The molecular weight excluding hydrogens is 457 g/mol. The fourth-order valence-corrected chi connectivity index (χ4v) is 5.23. The van der Waals surface area contributed by atoms with Crippen molar-refractivity contribution in [3.8, 4) is 11.5 Å². The number of fused-ring (bicyclic) bond motifs is 3. The summed E-state index contributed by atoms with van der Waals surface area (Å²) in [7, 11) is 7.49. The van der Waals surface area contributed by atoms with Crippen molar-refractivity contribution in [1.29, 1.82) is 0 Å². The molecule has 5 nitrogen and oxygen atoms in total. The summed E-state index contributed by atoms with van der Waals surface area (Å²) in [6.45, 7) is 0. The van der Waals surface area contributed by atoms with Crippen LogP contribution in [0.5, 0.6) is 11.5 Å². The van der Waals surface area contributed by atoms with Gasteiger partial charge in [-0.25, -0.2) is 0 Å². The van der Waals surface area contributed by atoms with Gasteiger partial charge in [0.1, 0.15) is 17.1 Å². The van der Waals surface area contributed by atoms with Gasteiger partial charge in [-0.15, -0.1) is 0 Å². The Kier molecular flexibility index (Phi) is 6.55. The quantitative estimate of drug-likeness (QED) is 0.542. The van der Waals surface area contributed by atoms with Crippen molar-refractivity contribution >= 4 is 0 Å². The molecule has 1 fully saturated rings. The molecule has 1 aliphatic heterocycles. The smallest absolute Gasteiger partial charge is 0.416 e. The molecule has 1 saturated carbocycles. The van der Waals surface area contributed by atoms with Crippen LogP contribution >= 0.6 is 0 Å². The lowest BCUT2D eigenvalue weighted by Crippen LogP contribution is -2.48. The first-order chi connectivity index (χ1) is 16.5. The first-order valence-corrected chi connectivity index (χ1v) is 11.3. The van der Waals surface area contributed by atoms with Gasteiger partial charge in [0.15, 0.2) is 5.60 Å². The summed E-state index contributed by atoms with van der Waals surface area (Å²) >= 11 is 0. The van der Waals surface area contributed by atoms with Gasteiger partial charge in [-0.2, -0.15) is 13.2 Å². The van der Waals surface area contributed by atoms with Crippen LogP contribution in [0.2, 0.25) is 0 Å². The van der Waals surface area contributed by atoms with E-state index in [1.807, 2.05) is 56.4 Å². The zero-order valence-corrected chi connectivity index (χ0v) is 20.1. The number of rotatable bonds is 3. The Bertz CT molecular complexity index is 1170. The molecule has 1 aromatic heterocycles. The maximum atomic E-state index is 13.2. The topological polar surface area (TPSA) is 54.8 Å². The molecule has 0 radical (unpaired) electrons. The number of alkyl halides is 3. The van der Waals surface area contributed by atoms with Crippen LogP contribution in [0.3, 0.4) is 0 Å². The minimum absolute atomic E-state index is 0.285. The molecule has 1 N–H and O–H groups in total. The summed E-state index contributed by atoms with van der Waals surface area (Å²) < 4.78 is 51.5. The predicted molar refractivity (Wildman–Crippen MR) is 126 cm³/mol. The Hall–Kier alpha value is -3.10. The number of aromatic nitrogens is 1. The number of halogens is 3. The highest BCUT2D eigenvalue weighted by atomic mass is 19.4. The molecule has 0 amide bonds. The van der Waals surface area contributed by atoms with Crippen molar-refractivity contribution in [2.45, 2.75) is 36.1 Å². The van der Waals surface area contributed by atoms with Crippen LogP contribution in [0.15, 0.2) is 67.0 Å². The molecule has 2 aliphatic rings. The summed E-state index contributed by atoms with van der Waals surface area (Å²) in [6, 6.07) is 14.5. The number of benzene rings is 2. The highest BCUT2D eigenvalue weighted by Crippen LogP contribution is 2.67. The third-order valence-corrected chi connectivity index (χ3v) is 6.52. The molecule has 3 unspecified atom stereocenters. The zero-order valence-electron chi connectivity index (χ0n) is 20.1. The van der Waals surface area contributed by atoms with E-state index in [4.69, 9.17) is 9.47 Å². The lowest BCUT2D eigenvalue weighted by atomic mass is 9.71. The van der Waals surface area contributed by atoms with Gasteiger partial charge in [0.25, 0.3) is 0 Å². The van der Waals surface area contributed by atoms with Crippen molar-refractivity contribution in [1.82, 2.24) is 9.88 Å². The van der Waals surface area contributed by atoms with Gasteiger partial charge in [-0.3, -0.25) is 4.98 Å². The normalized spacial score (nSPS) is 24.8. The second kappa shape index (κ2) is 9.17. The number of hydrogen-bond donors (Lipinski definition) is 1. The Labute approximate surface area is 203 Å². The molecule has 0 spiro atoms. The molecule has 8 heteroatoms. The second-order valence-electron chi connectivity index (χ2n) is 9.33. The lowest BCUT2D eigenvalue weighted by molar-refractivity contribution is -0.137. The van der Waals surface area contributed by atoms with Gasteiger partial charge in [0.2, 0.25) is 0 Å². The van der Waals surface area contributed by atoms with Gasteiger partial charge in [0, 0.05) is 5.92 Å². The van der Waals surface area contributed by atoms with Crippen molar-refractivity contribution in [2.24, 2.45) is 0 Å². The Morgan fingerprint density at radius 1 is 1.03 bits per heavy atom. The lowest BCUT2D eigenvalue weighted by Gasteiger charge is -2.40. The molecule has 0 saturated heterocycles. The third kappa shape index (κ3) is 4.15. The standard InChI is InChI=1S/C24H20F3NO3.C3H9N/c1-30-19-13-28-14-20-21(19)22(29)12-11-18(15-5-3-2-4-6-15)23(22,31-20)16-7-9-17(10-8-16)24(25,26)27;1-4(2)3/h2-10,13-14,18,29H,11-12H2,1H3;1-3H3. The highest BCUT2D eigenvalue weighted by molar-refractivity contribution is 5.57. The first kappa shape index (κ1) is 25.0.